The summed E-state index contributed by atoms with van der Waals surface area (Å²) >= 11 is 0. The summed E-state index contributed by atoms with van der Waals surface area (Å²) in [6.07, 6.45) is 1.26. The van der Waals surface area contributed by atoms with Gasteiger partial charge in [0, 0.05) is 25.1 Å². The number of fused-ring (bicyclic) bond motifs is 1. The molecule has 0 aliphatic carbocycles. The highest BCUT2D eigenvalue weighted by molar-refractivity contribution is 5.42. The predicted molar refractivity (Wildman–Crippen MR) is 56.8 cm³/mol. The first-order valence-corrected chi connectivity index (χ1v) is 5.49. The van der Waals surface area contributed by atoms with E-state index >= 15 is 0 Å². The zero-order chi connectivity index (χ0) is 10.1. The van der Waals surface area contributed by atoms with Gasteiger partial charge in [0.2, 0.25) is 0 Å². The highest BCUT2D eigenvalue weighted by Gasteiger charge is 2.21. The number of ether oxygens (including phenoxy) is 2. The minimum atomic E-state index is 0.247. The Labute approximate surface area is 89.4 Å². The molecular formula is C12H15NO2. The minimum absolute atomic E-state index is 0.247. The van der Waals surface area contributed by atoms with Gasteiger partial charge in [-0.2, -0.15) is 0 Å². The van der Waals surface area contributed by atoms with E-state index in [4.69, 9.17) is 9.47 Å². The van der Waals surface area contributed by atoms with Gasteiger partial charge in [-0.25, -0.2) is 0 Å². The van der Waals surface area contributed by atoms with Crippen molar-refractivity contribution in [2.45, 2.75) is 25.6 Å². The Morgan fingerprint density at radius 1 is 1.33 bits per heavy atom. The average Bonchev–Trinajstić information content (AvgIpc) is 2.87. The largest absolute Gasteiger partial charge is 0.488 e. The van der Waals surface area contributed by atoms with E-state index in [9.17, 15) is 0 Å². The molecular weight excluding hydrogens is 190 g/mol. The molecule has 0 spiro atoms. The van der Waals surface area contributed by atoms with Crippen LogP contribution in [-0.4, -0.2) is 19.3 Å². The van der Waals surface area contributed by atoms with Crippen LogP contribution in [0.4, 0.5) is 0 Å². The second kappa shape index (κ2) is 3.83. The number of benzene rings is 1. The summed E-state index contributed by atoms with van der Waals surface area (Å²) in [5, 5.41) is 3.34. The Balaban J connectivity index is 1.82. The van der Waals surface area contributed by atoms with Gasteiger partial charge in [-0.1, -0.05) is 12.1 Å². The van der Waals surface area contributed by atoms with E-state index in [-0.39, 0.29) is 6.10 Å². The highest BCUT2D eigenvalue weighted by atomic mass is 16.5. The normalized spacial score (nSPS) is 24.1. The van der Waals surface area contributed by atoms with Gasteiger partial charge < -0.3 is 14.8 Å². The Kier molecular flexibility index (Phi) is 2.35. The van der Waals surface area contributed by atoms with Crippen molar-refractivity contribution in [2.24, 2.45) is 0 Å². The van der Waals surface area contributed by atoms with Gasteiger partial charge >= 0.3 is 0 Å². The fraction of sp³-hybridized carbons (Fsp3) is 0.500. The number of nitrogens with one attached hydrogen (secondary N) is 1. The third kappa shape index (κ3) is 1.73. The van der Waals surface area contributed by atoms with E-state index in [1.54, 1.807) is 0 Å². The smallest absolute Gasteiger partial charge is 0.124 e. The van der Waals surface area contributed by atoms with Gasteiger partial charge in [-0.15, -0.1) is 0 Å². The topological polar surface area (TPSA) is 30.5 Å². The van der Waals surface area contributed by atoms with Crippen molar-refractivity contribution in [1.29, 1.82) is 0 Å². The number of hydrogen-bond acceptors (Lipinski definition) is 3. The standard InChI is InChI=1S/C12H15NO2/c1-2-9-6-13-7-11(9)12(3-1)15-10-4-5-14-8-10/h1-3,10,13H,4-8H2. The Hall–Kier alpha value is -1.06. The summed E-state index contributed by atoms with van der Waals surface area (Å²) in [6.45, 7) is 3.46. The second-order valence-electron chi connectivity index (χ2n) is 4.10. The number of rotatable bonds is 2. The molecule has 1 N–H and O–H groups in total. The van der Waals surface area contributed by atoms with Crippen molar-refractivity contribution in [3.05, 3.63) is 29.3 Å². The summed E-state index contributed by atoms with van der Waals surface area (Å²) in [5.41, 5.74) is 2.69. The maximum atomic E-state index is 5.95. The summed E-state index contributed by atoms with van der Waals surface area (Å²) in [6, 6.07) is 6.29. The zero-order valence-electron chi connectivity index (χ0n) is 8.66. The first-order valence-electron chi connectivity index (χ1n) is 5.49. The van der Waals surface area contributed by atoms with Crippen LogP contribution in [0.1, 0.15) is 17.5 Å². The lowest BCUT2D eigenvalue weighted by molar-refractivity contribution is 0.140. The van der Waals surface area contributed by atoms with Crippen LogP contribution in [0.25, 0.3) is 0 Å². The van der Waals surface area contributed by atoms with Crippen molar-refractivity contribution in [2.75, 3.05) is 13.2 Å². The van der Waals surface area contributed by atoms with Gasteiger partial charge in [0.15, 0.2) is 0 Å². The van der Waals surface area contributed by atoms with Crippen LogP contribution >= 0.6 is 0 Å². The molecule has 0 aromatic heterocycles. The lowest BCUT2D eigenvalue weighted by Gasteiger charge is -2.14. The molecule has 2 aliphatic rings. The van der Waals surface area contributed by atoms with Crippen molar-refractivity contribution in [1.82, 2.24) is 5.32 Å². The summed E-state index contributed by atoms with van der Waals surface area (Å²) < 4.78 is 11.3. The fourth-order valence-electron chi connectivity index (χ4n) is 2.20. The molecule has 1 aromatic rings. The quantitative estimate of drug-likeness (QED) is 0.792. The van der Waals surface area contributed by atoms with Gasteiger partial charge in [0.25, 0.3) is 0 Å². The second-order valence-corrected chi connectivity index (χ2v) is 4.10. The SMILES string of the molecule is c1cc2c(c(OC3CCOC3)c1)CNC2. The predicted octanol–water partition coefficient (Wildman–Crippen LogP) is 1.46. The molecule has 1 aromatic carbocycles. The first kappa shape index (κ1) is 9.19. The monoisotopic (exact) mass is 205 g/mol. The van der Waals surface area contributed by atoms with E-state index in [0.717, 1.165) is 38.5 Å². The highest BCUT2D eigenvalue weighted by Crippen LogP contribution is 2.28. The molecule has 3 nitrogen and oxygen atoms in total. The molecule has 3 heteroatoms. The Morgan fingerprint density at radius 2 is 2.33 bits per heavy atom. The first-order chi connectivity index (χ1) is 7.43. The van der Waals surface area contributed by atoms with Crippen molar-refractivity contribution in [3.8, 4) is 5.75 Å². The van der Waals surface area contributed by atoms with E-state index in [2.05, 4.69) is 23.5 Å². The molecule has 1 unspecified atom stereocenters. The van der Waals surface area contributed by atoms with Crippen molar-refractivity contribution < 1.29 is 9.47 Å². The molecule has 15 heavy (non-hydrogen) atoms. The molecule has 0 saturated carbocycles. The molecule has 1 saturated heterocycles. The third-order valence-corrected chi connectivity index (χ3v) is 3.03. The maximum Gasteiger partial charge on any atom is 0.124 e. The van der Waals surface area contributed by atoms with Crippen LogP contribution in [-0.2, 0) is 17.8 Å². The van der Waals surface area contributed by atoms with Crippen LogP contribution in [0.15, 0.2) is 18.2 Å². The lowest BCUT2D eigenvalue weighted by Crippen LogP contribution is -2.16. The van der Waals surface area contributed by atoms with Gasteiger partial charge in [-0.3, -0.25) is 0 Å². The van der Waals surface area contributed by atoms with Crippen molar-refractivity contribution in [3.63, 3.8) is 0 Å². The average molecular weight is 205 g/mol. The van der Waals surface area contributed by atoms with Crippen LogP contribution in [0, 0.1) is 0 Å². The molecule has 0 radical (unpaired) electrons. The van der Waals surface area contributed by atoms with Crippen LogP contribution in [0.2, 0.25) is 0 Å². The third-order valence-electron chi connectivity index (χ3n) is 3.03. The maximum absolute atomic E-state index is 5.95. The zero-order valence-corrected chi connectivity index (χ0v) is 8.66. The molecule has 3 rings (SSSR count). The summed E-state index contributed by atoms with van der Waals surface area (Å²) in [4.78, 5) is 0. The Morgan fingerprint density at radius 3 is 3.20 bits per heavy atom. The van der Waals surface area contributed by atoms with E-state index in [0.29, 0.717) is 0 Å². The van der Waals surface area contributed by atoms with Gasteiger partial charge in [0.05, 0.1) is 13.2 Å². The van der Waals surface area contributed by atoms with Gasteiger partial charge in [-0.05, 0) is 11.6 Å². The molecule has 2 aliphatic heterocycles. The molecule has 0 bridgehead atoms. The van der Waals surface area contributed by atoms with Gasteiger partial charge in [0.1, 0.15) is 11.9 Å². The van der Waals surface area contributed by atoms with Crippen LogP contribution in [0.5, 0.6) is 5.75 Å². The minimum Gasteiger partial charge on any atom is -0.488 e. The molecule has 1 fully saturated rings. The summed E-state index contributed by atoms with van der Waals surface area (Å²) in [5.74, 6) is 1.04. The van der Waals surface area contributed by atoms with Crippen molar-refractivity contribution >= 4 is 0 Å². The molecule has 0 amide bonds. The Bertz CT molecular complexity index is 359. The number of hydrogen-bond donors (Lipinski definition) is 1. The van der Waals surface area contributed by atoms with E-state index < -0.39 is 0 Å². The molecule has 80 valence electrons. The van der Waals surface area contributed by atoms with E-state index in [1.165, 1.54) is 11.1 Å². The molecule has 2 heterocycles. The van der Waals surface area contributed by atoms with E-state index in [1.807, 2.05) is 0 Å². The van der Waals surface area contributed by atoms with Crippen LogP contribution in [0.3, 0.4) is 0 Å². The fourth-order valence-corrected chi connectivity index (χ4v) is 2.20. The molecule has 1 atom stereocenters. The van der Waals surface area contributed by atoms with Crippen LogP contribution < -0.4 is 10.1 Å². The lowest BCUT2D eigenvalue weighted by atomic mass is 10.1. The summed E-state index contributed by atoms with van der Waals surface area (Å²) in [7, 11) is 0.